The third-order valence-corrected chi connectivity index (χ3v) is 5.46. The van der Waals surface area contributed by atoms with E-state index in [0.29, 0.717) is 12.8 Å². The molecule has 0 radical (unpaired) electrons. The highest BCUT2D eigenvalue weighted by Crippen LogP contribution is 2.18. The number of hydrogen-bond donors (Lipinski definition) is 3. The maximum atomic E-state index is 12.9. The molecule has 1 aromatic carbocycles. The van der Waals surface area contributed by atoms with E-state index in [1.54, 1.807) is 24.3 Å². The molecule has 3 N–H and O–H groups in total. The van der Waals surface area contributed by atoms with Crippen molar-refractivity contribution in [1.29, 1.82) is 0 Å². The Kier molecular flexibility index (Phi) is 11.2. The predicted molar refractivity (Wildman–Crippen MR) is 118 cm³/mol. The van der Waals surface area contributed by atoms with E-state index in [4.69, 9.17) is 0 Å². The minimum Gasteiger partial charge on any atom is -0.480 e. The molecule has 0 fully saturated rings. The fourth-order valence-electron chi connectivity index (χ4n) is 3.00. The average Bonchev–Trinajstić information content (AvgIpc) is 2.66. The second-order valence-corrected chi connectivity index (χ2v) is 9.05. The van der Waals surface area contributed by atoms with Gasteiger partial charge in [-0.25, -0.2) is 4.79 Å². The Morgan fingerprint density at radius 3 is 2.10 bits per heavy atom. The molecule has 0 saturated carbocycles. The van der Waals surface area contributed by atoms with Gasteiger partial charge in [-0.1, -0.05) is 69.3 Å². The number of carboxylic acids is 1. The molecule has 1 aromatic rings. The van der Waals surface area contributed by atoms with Crippen LogP contribution in [0.25, 0.3) is 0 Å². The molecule has 0 aliphatic heterocycles. The topological polar surface area (TPSA) is 113 Å². The van der Waals surface area contributed by atoms with Crippen LogP contribution in [-0.4, -0.2) is 45.3 Å². The SMILES string of the molecule is CCCC(SC(C)=O)C(=O)N[C@@H](CC(C)C)C(=O)N[C@@H](Cc1ccccc1)C(=O)O. The Hall–Kier alpha value is -2.35. The molecule has 3 atom stereocenters. The minimum atomic E-state index is -1.14. The maximum absolute atomic E-state index is 12.9. The number of nitrogens with one attached hydrogen (secondary N) is 2. The highest BCUT2D eigenvalue weighted by atomic mass is 32.2. The van der Waals surface area contributed by atoms with Crippen molar-refractivity contribution in [1.82, 2.24) is 10.6 Å². The first-order valence-electron chi connectivity index (χ1n) is 10.2. The van der Waals surface area contributed by atoms with E-state index in [-0.39, 0.29) is 23.4 Å². The Morgan fingerprint density at radius 2 is 1.60 bits per heavy atom. The van der Waals surface area contributed by atoms with Crippen molar-refractivity contribution < 1.29 is 24.3 Å². The number of aliphatic carboxylic acids is 1. The van der Waals surface area contributed by atoms with E-state index in [2.05, 4.69) is 10.6 Å². The van der Waals surface area contributed by atoms with E-state index in [0.717, 1.165) is 23.7 Å². The van der Waals surface area contributed by atoms with Crippen molar-refractivity contribution in [2.45, 2.75) is 70.7 Å². The number of carboxylic acid groups (broad SMARTS) is 1. The number of amides is 2. The van der Waals surface area contributed by atoms with E-state index in [9.17, 15) is 24.3 Å². The normalized spacial score (nSPS) is 13.9. The van der Waals surface area contributed by atoms with Crippen LogP contribution in [0.3, 0.4) is 0 Å². The Morgan fingerprint density at radius 1 is 1.00 bits per heavy atom. The van der Waals surface area contributed by atoms with Gasteiger partial charge >= 0.3 is 5.97 Å². The predicted octanol–water partition coefficient (Wildman–Crippen LogP) is 2.78. The molecule has 0 aliphatic carbocycles. The van der Waals surface area contributed by atoms with Gasteiger partial charge in [0.05, 0.1) is 5.25 Å². The highest BCUT2D eigenvalue weighted by Gasteiger charge is 2.30. The quantitative estimate of drug-likeness (QED) is 0.464. The Bertz CT molecular complexity index is 723. The monoisotopic (exact) mass is 436 g/mol. The lowest BCUT2D eigenvalue weighted by atomic mass is 10.0. The molecule has 30 heavy (non-hydrogen) atoms. The molecule has 2 amide bonds. The van der Waals surface area contributed by atoms with Gasteiger partial charge in [0.2, 0.25) is 11.8 Å². The highest BCUT2D eigenvalue weighted by molar-refractivity contribution is 8.14. The summed E-state index contributed by atoms with van der Waals surface area (Å²) < 4.78 is 0. The lowest BCUT2D eigenvalue weighted by molar-refractivity contribution is -0.142. The number of hydrogen-bond acceptors (Lipinski definition) is 5. The molecule has 0 bridgehead atoms. The Labute approximate surface area is 182 Å². The third-order valence-electron chi connectivity index (χ3n) is 4.39. The summed E-state index contributed by atoms with van der Waals surface area (Å²) in [5.41, 5.74) is 0.788. The minimum absolute atomic E-state index is 0.100. The summed E-state index contributed by atoms with van der Waals surface area (Å²) in [5.74, 6) is -1.96. The largest absolute Gasteiger partial charge is 0.480 e. The molecule has 7 nitrogen and oxygen atoms in total. The van der Waals surface area contributed by atoms with Crippen LogP contribution in [-0.2, 0) is 25.6 Å². The van der Waals surface area contributed by atoms with E-state index < -0.39 is 29.2 Å². The number of carbonyl (C=O) groups is 4. The fraction of sp³-hybridized carbons (Fsp3) is 0.545. The molecule has 1 unspecified atom stereocenters. The van der Waals surface area contributed by atoms with E-state index in [1.807, 2.05) is 26.8 Å². The molecule has 0 saturated heterocycles. The molecule has 0 spiro atoms. The first kappa shape index (κ1) is 25.7. The molecular formula is C22H32N2O5S. The molecule has 0 aromatic heterocycles. The van der Waals surface area contributed by atoms with Crippen LogP contribution in [0.2, 0.25) is 0 Å². The number of benzene rings is 1. The molecule has 166 valence electrons. The van der Waals surface area contributed by atoms with Crippen molar-refractivity contribution in [2.75, 3.05) is 0 Å². The second-order valence-electron chi connectivity index (χ2n) is 7.67. The summed E-state index contributed by atoms with van der Waals surface area (Å²) in [6.07, 6.45) is 1.73. The van der Waals surface area contributed by atoms with Crippen LogP contribution in [0.4, 0.5) is 0 Å². The summed E-state index contributed by atoms with van der Waals surface area (Å²) in [5, 5.41) is 14.1. The summed E-state index contributed by atoms with van der Waals surface area (Å²) >= 11 is 0.949. The van der Waals surface area contributed by atoms with Gasteiger partial charge < -0.3 is 15.7 Å². The van der Waals surface area contributed by atoms with E-state index >= 15 is 0 Å². The zero-order chi connectivity index (χ0) is 22.7. The van der Waals surface area contributed by atoms with Gasteiger partial charge in [-0.3, -0.25) is 14.4 Å². The summed E-state index contributed by atoms with van der Waals surface area (Å²) in [7, 11) is 0. The van der Waals surface area contributed by atoms with Crippen LogP contribution in [0.5, 0.6) is 0 Å². The van der Waals surface area contributed by atoms with E-state index in [1.165, 1.54) is 6.92 Å². The second kappa shape index (κ2) is 13.1. The van der Waals surface area contributed by atoms with Crippen LogP contribution in [0, 0.1) is 5.92 Å². The van der Waals surface area contributed by atoms with Gasteiger partial charge in [0.15, 0.2) is 5.12 Å². The van der Waals surface area contributed by atoms with Crippen molar-refractivity contribution in [2.24, 2.45) is 5.92 Å². The summed E-state index contributed by atoms with van der Waals surface area (Å²) in [6, 6.07) is 7.05. The van der Waals surface area contributed by atoms with Crippen LogP contribution in [0.15, 0.2) is 30.3 Å². The van der Waals surface area contributed by atoms with Gasteiger partial charge in [-0.15, -0.1) is 0 Å². The number of rotatable bonds is 12. The van der Waals surface area contributed by atoms with Gasteiger partial charge in [0, 0.05) is 13.3 Å². The Balaban J connectivity index is 2.91. The summed E-state index contributed by atoms with van der Waals surface area (Å²) in [6.45, 7) is 7.15. The van der Waals surface area contributed by atoms with Gasteiger partial charge in [-0.05, 0) is 24.3 Å². The van der Waals surface area contributed by atoms with Crippen molar-refractivity contribution in [3.8, 4) is 0 Å². The molecule has 0 heterocycles. The third kappa shape index (κ3) is 9.43. The smallest absolute Gasteiger partial charge is 0.326 e. The number of carbonyl (C=O) groups excluding carboxylic acids is 3. The van der Waals surface area contributed by atoms with Crippen molar-refractivity contribution in [3.63, 3.8) is 0 Å². The standard InChI is InChI=1S/C22H32N2O5S/c1-5-9-19(30-15(4)25)21(27)23-17(12-14(2)3)20(26)24-18(22(28)29)13-16-10-7-6-8-11-16/h6-8,10-11,14,17-19H,5,9,12-13H2,1-4H3,(H,23,27)(H,24,26)(H,28,29)/t17-,18-,19?/m0/s1. The van der Waals surface area contributed by atoms with Crippen LogP contribution < -0.4 is 10.6 Å². The first-order chi connectivity index (χ1) is 14.1. The molecule has 0 aliphatic rings. The zero-order valence-corrected chi connectivity index (χ0v) is 18.8. The first-order valence-corrected chi connectivity index (χ1v) is 11.1. The van der Waals surface area contributed by atoms with Gasteiger partial charge in [-0.2, -0.15) is 0 Å². The molecule has 8 heteroatoms. The maximum Gasteiger partial charge on any atom is 0.326 e. The molecule has 1 rings (SSSR count). The zero-order valence-electron chi connectivity index (χ0n) is 18.0. The van der Waals surface area contributed by atoms with Gasteiger partial charge in [0.1, 0.15) is 12.1 Å². The summed E-state index contributed by atoms with van der Waals surface area (Å²) in [4.78, 5) is 48.7. The van der Waals surface area contributed by atoms with Crippen LogP contribution in [0.1, 0.15) is 52.5 Å². The van der Waals surface area contributed by atoms with Gasteiger partial charge in [0.25, 0.3) is 0 Å². The van der Waals surface area contributed by atoms with Crippen molar-refractivity contribution >= 4 is 34.7 Å². The lowest BCUT2D eigenvalue weighted by Crippen LogP contribution is -2.54. The number of thioether (sulfide) groups is 1. The lowest BCUT2D eigenvalue weighted by Gasteiger charge is -2.24. The average molecular weight is 437 g/mol. The fourth-order valence-corrected chi connectivity index (χ4v) is 3.93. The van der Waals surface area contributed by atoms with Crippen molar-refractivity contribution in [3.05, 3.63) is 35.9 Å². The molecular weight excluding hydrogens is 404 g/mol. The van der Waals surface area contributed by atoms with Crippen LogP contribution >= 0.6 is 11.8 Å².